The van der Waals surface area contributed by atoms with Crippen molar-refractivity contribution < 1.29 is 0 Å². The summed E-state index contributed by atoms with van der Waals surface area (Å²) in [4.78, 5) is 5.68. The van der Waals surface area contributed by atoms with E-state index in [4.69, 9.17) is 4.99 Å². The predicted molar refractivity (Wildman–Crippen MR) is 138 cm³/mol. The Morgan fingerprint density at radius 1 is 1.03 bits per heavy atom. The van der Waals surface area contributed by atoms with Crippen molar-refractivity contribution in [2.24, 2.45) is 4.99 Å². The number of aryl methyl sites for hydroxylation is 1. The van der Waals surface area contributed by atoms with Crippen molar-refractivity contribution in [1.82, 2.24) is 4.68 Å². The summed E-state index contributed by atoms with van der Waals surface area (Å²) in [6.45, 7) is 13.1. The van der Waals surface area contributed by atoms with Gasteiger partial charge in [0.2, 0.25) is 4.80 Å². The number of aromatic nitrogens is 1. The molecule has 4 heteroatoms. The standard InChI is InChI=1S/C28H33N3S/c1-20(2)18-29-28-31(27(19-32-28)26-12-10-21(3)11-13-26)30-22(4)23-14-16-25(17-15-23)24-8-6-5-7-9-24/h10-17,19,24,30H,1,4-9,18H2,2-3H3. The average Bonchev–Trinajstić information content (AvgIpc) is 3.21. The zero-order valence-corrected chi connectivity index (χ0v) is 20.0. The van der Waals surface area contributed by atoms with Gasteiger partial charge in [0, 0.05) is 10.9 Å². The van der Waals surface area contributed by atoms with Crippen LogP contribution in [0.1, 0.15) is 61.6 Å². The molecule has 1 heterocycles. The maximum atomic E-state index is 4.77. The van der Waals surface area contributed by atoms with Gasteiger partial charge in [0.25, 0.3) is 0 Å². The van der Waals surface area contributed by atoms with Crippen LogP contribution in [0, 0.1) is 6.92 Å². The molecule has 4 rings (SSSR count). The molecule has 0 bridgehead atoms. The van der Waals surface area contributed by atoms with E-state index in [1.54, 1.807) is 11.3 Å². The summed E-state index contributed by atoms with van der Waals surface area (Å²) in [6, 6.07) is 17.5. The molecular formula is C28H33N3S. The molecule has 166 valence electrons. The third kappa shape index (κ3) is 5.31. The summed E-state index contributed by atoms with van der Waals surface area (Å²) in [5, 5.41) is 2.15. The van der Waals surface area contributed by atoms with Gasteiger partial charge in [-0.3, -0.25) is 10.4 Å². The highest BCUT2D eigenvalue weighted by atomic mass is 32.1. The maximum absolute atomic E-state index is 4.77. The van der Waals surface area contributed by atoms with Gasteiger partial charge in [-0.1, -0.05) is 92.1 Å². The van der Waals surface area contributed by atoms with Crippen molar-refractivity contribution in [3.05, 3.63) is 94.1 Å². The first-order valence-corrected chi connectivity index (χ1v) is 12.4. The van der Waals surface area contributed by atoms with Crippen LogP contribution in [0.2, 0.25) is 0 Å². The number of nitrogens with zero attached hydrogens (tertiary/aromatic N) is 2. The monoisotopic (exact) mass is 443 g/mol. The molecule has 1 aliphatic rings. The molecule has 1 saturated carbocycles. The van der Waals surface area contributed by atoms with E-state index in [2.05, 4.69) is 84.1 Å². The SMILES string of the molecule is C=C(C)CN=c1scc(-c2ccc(C)cc2)n1NC(=C)c1ccc(C2CCCCC2)cc1. The van der Waals surface area contributed by atoms with E-state index in [0.29, 0.717) is 12.5 Å². The molecule has 3 nitrogen and oxygen atoms in total. The second-order valence-electron chi connectivity index (χ2n) is 8.93. The molecule has 0 saturated heterocycles. The fourth-order valence-electron chi connectivity index (χ4n) is 4.25. The van der Waals surface area contributed by atoms with Gasteiger partial charge in [0.15, 0.2) is 0 Å². The van der Waals surface area contributed by atoms with Crippen LogP contribution in [0.5, 0.6) is 0 Å². The number of benzene rings is 2. The minimum Gasteiger partial charge on any atom is -0.292 e. The smallest absolute Gasteiger partial charge is 0.204 e. The summed E-state index contributed by atoms with van der Waals surface area (Å²) in [5.41, 5.74) is 11.5. The molecule has 0 unspecified atom stereocenters. The third-order valence-corrected chi connectivity index (χ3v) is 6.99. The Morgan fingerprint density at radius 2 is 1.72 bits per heavy atom. The van der Waals surface area contributed by atoms with Gasteiger partial charge in [-0.25, -0.2) is 4.68 Å². The third-order valence-electron chi connectivity index (χ3n) is 6.12. The van der Waals surface area contributed by atoms with Crippen LogP contribution in [0.3, 0.4) is 0 Å². The molecule has 0 atom stereocenters. The lowest BCUT2D eigenvalue weighted by atomic mass is 9.84. The Hall–Kier alpha value is -2.85. The normalized spacial score (nSPS) is 15.0. The zero-order valence-electron chi connectivity index (χ0n) is 19.2. The first-order valence-electron chi connectivity index (χ1n) is 11.5. The number of nitrogens with one attached hydrogen (secondary N) is 1. The molecular weight excluding hydrogens is 410 g/mol. The highest BCUT2D eigenvalue weighted by molar-refractivity contribution is 7.07. The Bertz CT molecular complexity index is 1140. The van der Waals surface area contributed by atoms with Gasteiger partial charge >= 0.3 is 0 Å². The number of hydrogen-bond donors (Lipinski definition) is 1. The lowest BCUT2D eigenvalue weighted by molar-refractivity contribution is 0.443. The minimum absolute atomic E-state index is 0.609. The predicted octanol–water partition coefficient (Wildman–Crippen LogP) is 7.26. The van der Waals surface area contributed by atoms with Crippen LogP contribution in [0.25, 0.3) is 17.0 Å². The molecule has 3 aromatic rings. The first-order chi connectivity index (χ1) is 15.5. The molecule has 1 aromatic heterocycles. The van der Waals surface area contributed by atoms with Crippen LogP contribution < -0.4 is 10.2 Å². The summed E-state index contributed by atoms with van der Waals surface area (Å²) in [6.07, 6.45) is 6.73. The fraction of sp³-hybridized carbons (Fsp3) is 0.321. The van der Waals surface area contributed by atoms with Crippen molar-refractivity contribution >= 4 is 17.0 Å². The van der Waals surface area contributed by atoms with E-state index in [0.717, 1.165) is 32.9 Å². The highest BCUT2D eigenvalue weighted by Crippen LogP contribution is 2.33. The van der Waals surface area contributed by atoms with Crippen molar-refractivity contribution in [3.8, 4) is 11.3 Å². The highest BCUT2D eigenvalue weighted by Gasteiger charge is 2.16. The Balaban J connectivity index is 1.61. The lowest BCUT2D eigenvalue weighted by Gasteiger charge is -2.22. The molecule has 0 amide bonds. The second kappa shape index (κ2) is 10.2. The molecule has 0 spiro atoms. The quantitative estimate of drug-likeness (QED) is 0.382. The van der Waals surface area contributed by atoms with Gasteiger partial charge in [0.05, 0.1) is 17.9 Å². The zero-order chi connectivity index (χ0) is 22.5. The van der Waals surface area contributed by atoms with Gasteiger partial charge in [-0.05, 0) is 43.7 Å². The Morgan fingerprint density at radius 3 is 2.38 bits per heavy atom. The molecule has 2 aromatic carbocycles. The van der Waals surface area contributed by atoms with Crippen molar-refractivity contribution in [1.29, 1.82) is 0 Å². The van der Waals surface area contributed by atoms with Gasteiger partial charge in [-0.2, -0.15) is 0 Å². The van der Waals surface area contributed by atoms with Gasteiger partial charge in [-0.15, -0.1) is 11.3 Å². The largest absolute Gasteiger partial charge is 0.292 e. The van der Waals surface area contributed by atoms with Crippen LogP contribution in [-0.2, 0) is 0 Å². The molecule has 0 aliphatic heterocycles. The minimum atomic E-state index is 0.609. The average molecular weight is 444 g/mol. The van der Waals surface area contributed by atoms with Crippen molar-refractivity contribution in [3.63, 3.8) is 0 Å². The van der Waals surface area contributed by atoms with Crippen molar-refractivity contribution in [2.45, 2.75) is 51.9 Å². The number of hydrogen-bond acceptors (Lipinski definition) is 3. The van der Waals surface area contributed by atoms with E-state index in [-0.39, 0.29) is 0 Å². The lowest BCUT2D eigenvalue weighted by Crippen LogP contribution is -2.25. The Kier molecular flexibility index (Phi) is 7.11. The van der Waals surface area contributed by atoms with Crippen LogP contribution in [0.15, 0.2) is 77.6 Å². The fourth-order valence-corrected chi connectivity index (χ4v) is 5.10. The van der Waals surface area contributed by atoms with Crippen LogP contribution >= 0.6 is 11.3 Å². The van der Waals surface area contributed by atoms with E-state index < -0.39 is 0 Å². The van der Waals surface area contributed by atoms with E-state index in [9.17, 15) is 0 Å². The van der Waals surface area contributed by atoms with E-state index >= 15 is 0 Å². The van der Waals surface area contributed by atoms with Crippen LogP contribution in [0.4, 0.5) is 0 Å². The molecule has 1 fully saturated rings. The number of thiazole rings is 1. The summed E-state index contributed by atoms with van der Waals surface area (Å²) < 4.78 is 2.05. The van der Waals surface area contributed by atoms with E-state index in [1.807, 2.05) is 6.92 Å². The molecule has 32 heavy (non-hydrogen) atoms. The topological polar surface area (TPSA) is 29.3 Å². The summed E-state index contributed by atoms with van der Waals surface area (Å²) in [5.74, 6) is 0.714. The molecule has 0 radical (unpaired) electrons. The summed E-state index contributed by atoms with van der Waals surface area (Å²) in [7, 11) is 0. The molecule has 1 N–H and O–H groups in total. The van der Waals surface area contributed by atoms with Crippen molar-refractivity contribution in [2.75, 3.05) is 12.0 Å². The van der Waals surface area contributed by atoms with Gasteiger partial charge in [0.1, 0.15) is 0 Å². The Labute approximate surface area is 195 Å². The summed E-state index contributed by atoms with van der Waals surface area (Å²) >= 11 is 1.63. The van der Waals surface area contributed by atoms with E-state index in [1.165, 1.54) is 43.2 Å². The van der Waals surface area contributed by atoms with Gasteiger partial charge < -0.3 is 0 Å². The second-order valence-corrected chi connectivity index (χ2v) is 9.76. The number of rotatable bonds is 7. The van der Waals surface area contributed by atoms with Crippen LogP contribution in [-0.4, -0.2) is 11.2 Å². The molecule has 1 aliphatic carbocycles. The first kappa shape index (κ1) is 22.3. The maximum Gasteiger partial charge on any atom is 0.204 e.